The molecule has 3 unspecified atom stereocenters. The van der Waals surface area contributed by atoms with E-state index in [4.69, 9.17) is 0 Å². The molecule has 1 amide bonds. The number of amides is 1. The highest BCUT2D eigenvalue weighted by Gasteiger charge is 2.43. The molecule has 3 atom stereocenters. The molecule has 0 radical (unpaired) electrons. The van der Waals surface area contributed by atoms with Crippen LogP contribution in [0.3, 0.4) is 0 Å². The maximum atomic E-state index is 14.2. The minimum absolute atomic E-state index is 0.127. The molecule has 1 saturated carbocycles. The molecule has 1 aliphatic heterocycles. The number of fused-ring (bicyclic) bond motifs is 2. The van der Waals surface area contributed by atoms with Crippen molar-refractivity contribution in [2.75, 3.05) is 10.2 Å². The maximum absolute atomic E-state index is 14.2. The zero-order valence-electron chi connectivity index (χ0n) is 16.5. The van der Waals surface area contributed by atoms with Crippen molar-refractivity contribution in [2.24, 2.45) is 5.92 Å². The first-order chi connectivity index (χ1) is 14.3. The van der Waals surface area contributed by atoms with Crippen LogP contribution in [-0.2, 0) is 4.79 Å². The molecule has 1 heterocycles. The Hall–Kier alpha value is -3.07. The fourth-order valence-corrected chi connectivity index (χ4v) is 5.08. The second kappa shape index (κ2) is 7.75. The third-order valence-electron chi connectivity index (χ3n) is 6.40. The fraction of sp³-hybridized carbons (Fsp3) is 0.269. The second-order valence-corrected chi connectivity index (χ2v) is 8.11. The highest BCUT2D eigenvalue weighted by atomic mass is 16.2. The van der Waals surface area contributed by atoms with E-state index in [1.807, 2.05) is 65.6 Å². The molecule has 29 heavy (non-hydrogen) atoms. The Balaban J connectivity index is 1.62. The quantitative estimate of drug-likeness (QED) is 0.592. The first-order valence-electron chi connectivity index (χ1n) is 10.6. The normalized spacial score (nSPS) is 22.7. The Bertz CT molecular complexity index is 946. The van der Waals surface area contributed by atoms with Crippen molar-refractivity contribution in [3.8, 4) is 0 Å². The highest BCUT2D eigenvalue weighted by Crippen LogP contribution is 2.46. The Morgan fingerprint density at radius 1 is 0.759 bits per heavy atom. The minimum Gasteiger partial charge on any atom is -0.382 e. The maximum Gasteiger partial charge on any atom is 0.239 e. The lowest BCUT2D eigenvalue weighted by Gasteiger charge is -2.44. The summed E-state index contributed by atoms with van der Waals surface area (Å²) in [5.41, 5.74) is 4.10. The van der Waals surface area contributed by atoms with E-state index in [1.165, 1.54) is 12.8 Å². The molecule has 3 aromatic carbocycles. The van der Waals surface area contributed by atoms with E-state index < -0.39 is 0 Å². The Morgan fingerprint density at radius 3 is 2.03 bits per heavy atom. The summed E-state index contributed by atoms with van der Waals surface area (Å²) in [6, 6.07) is 28.8. The van der Waals surface area contributed by atoms with Gasteiger partial charge in [-0.1, -0.05) is 67.4 Å². The zero-order valence-corrected chi connectivity index (χ0v) is 16.5. The number of carbonyl (C=O) groups excluding carboxylic acids is 1. The van der Waals surface area contributed by atoms with Gasteiger partial charge < -0.3 is 5.32 Å². The molecule has 146 valence electrons. The first kappa shape index (κ1) is 18.0. The molecule has 0 spiro atoms. The van der Waals surface area contributed by atoms with Crippen LogP contribution in [0.5, 0.6) is 0 Å². The highest BCUT2D eigenvalue weighted by molar-refractivity contribution is 6.05. The molecule has 0 saturated heterocycles. The fourth-order valence-electron chi connectivity index (χ4n) is 5.08. The summed E-state index contributed by atoms with van der Waals surface area (Å²) in [5, 5.41) is 3.73. The number of para-hydroxylation sites is 3. The molecular formula is C26H26N2O. The van der Waals surface area contributed by atoms with Crippen molar-refractivity contribution in [3.05, 3.63) is 90.5 Å². The number of hydrogen-bond donors (Lipinski definition) is 1. The molecule has 3 nitrogen and oxygen atoms in total. The summed E-state index contributed by atoms with van der Waals surface area (Å²) in [6.45, 7) is 0. The zero-order chi connectivity index (χ0) is 19.6. The van der Waals surface area contributed by atoms with Crippen LogP contribution < -0.4 is 10.2 Å². The summed E-state index contributed by atoms with van der Waals surface area (Å²) in [4.78, 5) is 16.1. The van der Waals surface area contributed by atoms with Gasteiger partial charge in [-0.25, -0.2) is 0 Å². The molecule has 1 N–H and O–H groups in total. The van der Waals surface area contributed by atoms with Gasteiger partial charge in [0.05, 0.1) is 5.92 Å². The number of benzene rings is 3. The molecule has 1 fully saturated rings. The van der Waals surface area contributed by atoms with Crippen molar-refractivity contribution in [1.82, 2.24) is 0 Å². The number of carbonyl (C=O) groups is 1. The van der Waals surface area contributed by atoms with Crippen LogP contribution >= 0.6 is 0 Å². The Kier molecular flexibility index (Phi) is 4.81. The number of anilines is 3. The number of rotatable bonds is 3. The average Bonchev–Trinajstić information content (AvgIpc) is 2.79. The van der Waals surface area contributed by atoms with Crippen molar-refractivity contribution in [3.63, 3.8) is 0 Å². The predicted octanol–water partition coefficient (Wildman–Crippen LogP) is 6.12. The van der Waals surface area contributed by atoms with Crippen LogP contribution in [0.15, 0.2) is 84.9 Å². The van der Waals surface area contributed by atoms with E-state index in [2.05, 4.69) is 29.6 Å². The third kappa shape index (κ3) is 3.31. The summed E-state index contributed by atoms with van der Waals surface area (Å²) >= 11 is 0. The monoisotopic (exact) mass is 382 g/mol. The molecule has 2 aliphatic rings. The molecule has 3 aromatic rings. The van der Waals surface area contributed by atoms with Crippen LogP contribution in [0.4, 0.5) is 17.1 Å². The van der Waals surface area contributed by atoms with Gasteiger partial charge in [-0.3, -0.25) is 9.69 Å². The lowest BCUT2D eigenvalue weighted by Crippen LogP contribution is -2.46. The van der Waals surface area contributed by atoms with Gasteiger partial charge in [-0.15, -0.1) is 0 Å². The van der Waals surface area contributed by atoms with Crippen LogP contribution in [0, 0.1) is 5.92 Å². The van der Waals surface area contributed by atoms with Gasteiger partial charge in [-0.05, 0) is 54.7 Å². The summed E-state index contributed by atoms with van der Waals surface area (Å²) < 4.78 is 0. The number of nitrogens with zero attached hydrogens (tertiary/aromatic N) is 1. The van der Waals surface area contributed by atoms with Crippen LogP contribution in [0.1, 0.15) is 37.2 Å². The Labute approximate surface area is 172 Å². The average molecular weight is 383 g/mol. The van der Waals surface area contributed by atoms with Gasteiger partial charge in [0.2, 0.25) is 5.91 Å². The SMILES string of the molecule is O=C(C1c2ccccc2NC2CCCCC21)N(c1ccccc1)c1ccccc1. The predicted molar refractivity (Wildman–Crippen MR) is 119 cm³/mol. The van der Waals surface area contributed by atoms with Crippen molar-refractivity contribution >= 4 is 23.0 Å². The number of nitrogens with one attached hydrogen (secondary N) is 1. The van der Waals surface area contributed by atoms with E-state index >= 15 is 0 Å². The van der Waals surface area contributed by atoms with E-state index in [1.54, 1.807) is 0 Å². The molecule has 1 aliphatic carbocycles. The molecule has 0 bridgehead atoms. The second-order valence-electron chi connectivity index (χ2n) is 8.11. The minimum atomic E-state index is -0.127. The van der Waals surface area contributed by atoms with Gasteiger partial charge in [0.25, 0.3) is 0 Å². The largest absolute Gasteiger partial charge is 0.382 e. The van der Waals surface area contributed by atoms with Gasteiger partial charge in [0.15, 0.2) is 0 Å². The van der Waals surface area contributed by atoms with Crippen LogP contribution in [-0.4, -0.2) is 11.9 Å². The molecule has 5 rings (SSSR count). The van der Waals surface area contributed by atoms with E-state index in [-0.39, 0.29) is 11.8 Å². The van der Waals surface area contributed by atoms with Gasteiger partial charge in [-0.2, -0.15) is 0 Å². The Morgan fingerprint density at radius 2 is 1.34 bits per heavy atom. The van der Waals surface area contributed by atoms with Crippen molar-refractivity contribution in [1.29, 1.82) is 0 Å². The van der Waals surface area contributed by atoms with E-state index in [0.29, 0.717) is 12.0 Å². The smallest absolute Gasteiger partial charge is 0.239 e. The first-order valence-corrected chi connectivity index (χ1v) is 10.6. The topological polar surface area (TPSA) is 32.3 Å². The molecular weight excluding hydrogens is 356 g/mol. The van der Waals surface area contributed by atoms with Crippen molar-refractivity contribution in [2.45, 2.75) is 37.6 Å². The van der Waals surface area contributed by atoms with E-state index in [9.17, 15) is 4.79 Å². The lowest BCUT2D eigenvalue weighted by molar-refractivity contribution is -0.121. The number of hydrogen-bond acceptors (Lipinski definition) is 2. The summed E-state index contributed by atoms with van der Waals surface area (Å²) in [6.07, 6.45) is 4.67. The summed E-state index contributed by atoms with van der Waals surface area (Å²) in [5.74, 6) is 0.382. The van der Waals surface area contributed by atoms with Gasteiger partial charge >= 0.3 is 0 Å². The standard InChI is InChI=1S/C26H26N2O/c29-26(28(19-11-3-1-4-12-19)20-13-5-2-6-14-20)25-21-15-7-9-17-23(21)27-24-18-10-8-16-22(24)25/h1-7,9,11-15,17,22,24-25,27H,8,10,16,18H2. The molecule has 3 heteroatoms. The van der Waals surface area contributed by atoms with Gasteiger partial charge in [0, 0.05) is 23.1 Å². The summed E-state index contributed by atoms with van der Waals surface area (Å²) in [7, 11) is 0. The van der Waals surface area contributed by atoms with Crippen LogP contribution in [0.2, 0.25) is 0 Å². The molecule has 0 aromatic heterocycles. The third-order valence-corrected chi connectivity index (χ3v) is 6.40. The van der Waals surface area contributed by atoms with Crippen LogP contribution in [0.25, 0.3) is 0 Å². The van der Waals surface area contributed by atoms with Gasteiger partial charge in [0.1, 0.15) is 0 Å². The van der Waals surface area contributed by atoms with E-state index in [0.717, 1.165) is 35.5 Å². The lowest BCUT2D eigenvalue weighted by atomic mass is 9.70. The van der Waals surface area contributed by atoms with Crippen molar-refractivity contribution < 1.29 is 4.79 Å².